The third-order valence-electron chi connectivity index (χ3n) is 5.80. The lowest BCUT2D eigenvalue weighted by molar-refractivity contribution is -0.132. The Morgan fingerprint density at radius 1 is 1.00 bits per heavy atom. The highest BCUT2D eigenvalue weighted by Gasteiger charge is 2.43. The Morgan fingerprint density at radius 2 is 1.72 bits per heavy atom. The van der Waals surface area contributed by atoms with Gasteiger partial charge in [0.15, 0.2) is 6.61 Å². The van der Waals surface area contributed by atoms with E-state index >= 15 is 0 Å². The highest BCUT2D eigenvalue weighted by molar-refractivity contribution is 5.97. The van der Waals surface area contributed by atoms with Crippen molar-refractivity contribution in [2.24, 2.45) is 11.8 Å². The Morgan fingerprint density at radius 3 is 2.48 bits per heavy atom. The second-order valence-electron chi connectivity index (χ2n) is 7.67. The summed E-state index contributed by atoms with van der Waals surface area (Å²) < 4.78 is 5.58. The molecule has 0 aliphatic carbocycles. The Labute approximate surface area is 167 Å². The SMILES string of the molecule is O=C(COc1ccccc1)N1C[C@H]2CN(C(=O)c3ccc4[nH]nnc4c3)C[C@@H]2C1. The number of fused-ring (bicyclic) bond motifs is 2. The molecule has 0 unspecified atom stereocenters. The zero-order chi connectivity index (χ0) is 19.8. The summed E-state index contributed by atoms with van der Waals surface area (Å²) in [5.74, 6) is 1.33. The molecular weight excluding hydrogens is 370 g/mol. The van der Waals surface area contributed by atoms with Crippen molar-refractivity contribution in [1.82, 2.24) is 25.2 Å². The number of hydrogen-bond donors (Lipinski definition) is 1. The van der Waals surface area contributed by atoms with Gasteiger partial charge in [0.05, 0.1) is 5.52 Å². The number of amides is 2. The number of carbonyl (C=O) groups is 2. The third-order valence-corrected chi connectivity index (χ3v) is 5.80. The zero-order valence-electron chi connectivity index (χ0n) is 15.8. The van der Waals surface area contributed by atoms with Crippen LogP contribution in [0, 0.1) is 11.8 Å². The largest absolute Gasteiger partial charge is 0.484 e. The van der Waals surface area contributed by atoms with Crippen LogP contribution in [-0.2, 0) is 4.79 Å². The van der Waals surface area contributed by atoms with E-state index in [1.165, 1.54) is 0 Å². The molecule has 5 rings (SSSR count). The Balaban J connectivity index is 1.17. The molecule has 0 radical (unpaired) electrons. The summed E-state index contributed by atoms with van der Waals surface area (Å²) in [6, 6.07) is 14.7. The lowest BCUT2D eigenvalue weighted by Gasteiger charge is -2.22. The van der Waals surface area contributed by atoms with Crippen molar-refractivity contribution >= 4 is 22.8 Å². The first-order valence-corrected chi connectivity index (χ1v) is 9.73. The van der Waals surface area contributed by atoms with E-state index < -0.39 is 0 Å². The Hall–Kier alpha value is -3.42. The minimum Gasteiger partial charge on any atom is -0.484 e. The van der Waals surface area contributed by atoms with E-state index in [-0.39, 0.29) is 18.4 Å². The number of H-pyrrole nitrogens is 1. The van der Waals surface area contributed by atoms with Crippen molar-refractivity contribution < 1.29 is 14.3 Å². The van der Waals surface area contributed by atoms with Crippen LogP contribution in [0.25, 0.3) is 11.0 Å². The number of nitrogens with zero attached hydrogens (tertiary/aromatic N) is 4. The summed E-state index contributed by atoms with van der Waals surface area (Å²) in [5.41, 5.74) is 2.12. The maximum Gasteiger partial charge on any atom is 0.260 e. The molecular formula is C21H21N5O3. The summed E-state index contributed by atoms with van der Waals surface area (Å²) in [4.78, 5) is 29.1. The number of para-hydroxylation sites is 1. The fourth-order valence-electron chi connectivity index (χ4n) is 4.27. The number of aromatic nitrogens is 3. The molecule has 3 aromatic rings. The van der Waals surface area contributed by atoms with Gasteiger partial charge in [-0.2, -0.15) is 0 Å². The lowest BCUT2D eigenvalue weighted by Crippen LogP contribution is -2.37. The lowest BCUT2D eigenvalue weighted by atomic mass is 10.0. The van der Waals surface area contributed by atoms with Crippen LogP contribution in [0.3, 0.4) is 0 Å². The standard InChI is InChI=1S/C21H21N5O3/c27-20(13-29-17-4-2-1-3-5-17)25-9-15-11-26(12-16(15)10-25)21(28)14-6-7-18-19(8-14)23-24-22-18/h1-8,15-16H,9-13H2,(H,22,23,24)/t15-,16-/m0/s1. The van der Waals surface area contributed by atoms with Crippen LogP contribution in [0.4, 0.5) is 0 Å². The summed E-state index contributed by atoms with van der Waals surface area (Å²) in [6.07, 6.45) is 0. The number of aromatic amines is 1. The maximum atomic E-state index is 12.9. The molecule has 2 amide bonds. The average molecular weight is 391 g/mol. The van der Waals surface area contributed by atoms with Crippen molar-refractivity contribution in [3.8, 4) is 5.75 Å². The highest BCUT2D eigenvalue weighted by atomic mass is 16.5. The molecule has 8 heteroatoms. The first kappa shape index (κ1) is 17.7. The molecule has 0 spiro atoms. The second kappa shape index (κ2) is 7.20. The molecule has 0 bridgehead atoms. The van der Waals surface area contributed by atoms with E-state index in [0.29, 0.717) is 54.8 Å². The molecule has 3 heterocycles. The van der Waals surface area contributed by atoms with Crippen LogP contribution in [-0.4, -0.2) is 69.8 Å². The Bertz CT molecular complexity index is 1040. The smallest absolute Gasteiger partial charge is 0.260 e. The predicted molar refractivity (Wildman–Crippen MR) is 105 cm³/mol. The maximum absolute atomic E-state index is 12.9. The molecule has 2 atom stereocenters. The number of nitrogens with one attached hydrogen (secondary N) is 1. The van der Waals surface area contributed by atoms with Crippen LogP contribution < -0.4 is 4.74 Å². The molecule has 8 nitrogen and oxygen atoms in total. The van der Waals surface area contributed by atoms with E-state index in [1.807, 2.05) is 46.2 Å². The normalized spacial score (nSPS) is 20.8. The van der Waals surface area contributed by atoms with Crippen LogP contribution in [0.5, 0.6) is 5.75 Å². The van der Waals surface area contributed by atoms with Crippen molar-refractivity contribution in [2.45, 2.75) is 0 Å². The highest BCUT2D eigenvalue weighted by Crippen LogP contribution is 2.32. The van der Waals surface area contributed by atoms with Gasteiger partial charge in [-0.15, -0.1) is 5.10 Å². The molecule has 148 valence electrons. The van der Waals surface area contributed by atoms with E-state index in [9.17, 15) is 9.59 Å². The summed E-state index contributed by atoms with van der Waals surface area (Å²) >= 11 is 0. The van der Waals surface area contributed by atoms with Crippen molar-refractivity contribution in [3.05, 3.63) is 54.1 Å². The van der Waals surface area contributed by atoms with Crippen LogP contribution >= 0.6 is 0 Å². The van der Waals surface area contributed by atoms with Gasteiger partial charge in [0.1, 0.15) is 11.3 Å². The van der Waals surface area contributed by atoms with E-state index in [1.54, 1.807) is 12.1 Å². The zero-order valence-corrected chi connectivity index (χ0v) is 15.8. The molecule has 2 aliphatic rings. The third kappa shape index (κ3) is 3.41. The molecule has 29 heavy (non-hydrogen) atoms. The predicted octanol–water partition coefficient (Wildman–Crippen LogP) is 1.57. The van der Waals surface area contributed by atoms with Gasteiger partial charge < -0.3 is 14.5 Å². The molecule has 2 fully saturated rings. The number of hydrogen-bond acceptors (Lipinski definition) is 5. The van der Waals surface area contributed by atoms with Gasteiger partial charge in [-0.05, 0) is 30.3 Å². The van der Waals surface area contributed by atoms with Crippen LogP contribution in [0.1, 0.15) is 10.4 Å². The second-order valence-corrected chi connectivity index (χ2v) is 7.67. The first-order chi connectivity index (χ1) is 14.2. The van der Waals surface area contributed by atoms with Crippen LogP contribution in [0.2, 0.25) is 0 Å². The summed E-state index contributed by atoms with van der Waals surface area (Å²) in [5, 5.41) is 10.5. The van der Waals surface area contributed by atoms with Crippen molar-refractivity contribution in [2.75, 3.05) is 32.8 Å². The van der Waals surface area contributed by atoms with Crippen molar-refractivity contribution in [1.29, 1.82) is 0 Å². The van der Waals surface area contributed by atoms with Crippen molar-refractivity contribution in [3.63, 3.8) is 0 Å². The number of benzene rings is 2. The molecule has 0 saturated carbocycles. The average Bonchev–Trinajstić information content (AvgIpc) is 3.46. The number of rotatable bonds is 4. The van der Waals surface area contributed by atoms with E-state index in [2.05, 4.69) is 15.4 Å². The van der Waals surface area contributed by atoms with Gasteiger partial charge in [0.25, 0.3) is 11.8 Å². The quantitative estimate of drug-likeness (QED) is 0.729. The number of ether oxygens (including phenoxy) is 1. The summed E-state index contributed by atoms with van der Waals surface area (Å²) in [7, 11) is 0. The number of likely N-dealkylation sites (tertiary alicyclic amines) is 2. The molecule has 2 aliphatic heterocycles. The van der Waals surface area contributed by atoms with E-state index in [0.717, 1.165) is 5.52 Å². The molecule has 2 aromatic carbocycles. The van der Waals surface area contributed by atoms with Gasteiger partial charge in [-0.3, -0.25) is 14.7 Å². The molecule has 1 N–H and O–H groups in total. The van der Waals surface area contributed by atoms with Crippen LogP contribution in [0.15, 0.2) is 48.5 Å². The molecule has 1 aromatic heterocycles. The minimum atomic E-state index is -0.00221. The van der Waals surface area contributed by atoms with Gasteiger partial charge in [0.2, 0.25) is 0 Å². The fraction of sp³-hybridized carbons (Fsp3) is 0.333. The van der Waals surface area contributed by atoms with Gasteiger partial charge in [-0.1, -0.05) is 23.4 Å². The number of carbonyl (C=O) groups excluding carboxylic acids is 2. The Kier molecular flexibility index (Phi) is 4.38. The topological polar surface area (TPSA) is 91.4 Å². The van der Waals surface area contributed by atoms with Gasteiger partial charge in [0, 0.05) is 43.6 Å². The first-order valence-electron chi connectivity index (χ1n) is 9.73. The minimum absolute atomic E-state index is 0.00221. The molecule has 2 saturated heterocycles. The fourth-order valence-corrected chi connectivity index (χ4v) is 4.27. The van der Waals surface area contributed by atoms with Gasteiger partial charge in [-0.25, -0.2) is 0 Å². The summed E-state index contributed by atoms with van der Waals surface area (Å²) in [6.45, 7) is 2.73. The monoisotopic (exact) mass is 391 g/mol. The van der Waals surface area contributed by atoms with E-state index in [4.69, 9.17) is 4.74 Å². The van der Waals surface area contributed by atoms with Gasteiger partial charge >= 0.3 is 0 Å².